The summed E-state index contributed by atoms with van der Waals surface area (Å²) in [5, 5.41) is 43.9. The van der Waals surface area contributed by atoms with E-state index in [1.807, 2.05) is 0 Å². The number of phenolic OH excluding ortho intramolecular Hbond substituents is 1. The third-order valence-electron chi connectivity index (χ3n) is 7.06. The van der Waals surface area contributed by atoms with Crippen LogP contribution in [0.5, 0.6) is 5.75 Å². The molecule has 184 valence electrons. The maximum Gasteiger partial charge on any atom is 0.255 e. The first-order valence-electron chi connectivity index (χ1n) is 10.5. The van der Waals surface area contributed by atoms with Crippen LogP contribution in [0.4, 0.5) is 5.69 Å². The summed E-state index contributed by atoms with van der Waals surface area (Å²) < 4.78 is 0. The van der Waals surface area contributed by atoms with Crippen LogP contribution >= 0.6 is 0 Å². The predicted octanol–water partition coefficient (Wildman–Crippen LogP) is -0.638. The van der Waals surface area contributed by atoms with Gasteiger partial charge < -0.3 is 36.5 Å². The molecule has 34 heavy (non-hydrogen) atoms. The number of rotatable bonds is 3. The fourth-order valence-corrected chi connectivity index (χ4v) is 5.65. The minimum absolute atomic E-state index is 0. The molecular formula is C23H29N3O8. The number of likely N-dealkylation sites (N-methyl/N-ethyl adjacent to an activating group) is 1. The first-order valence-corrected chi connectivity index (χ1v) is 10.5. The number of fused-ring (bicyclic) bond motifs is 3. The van der Waals surface area contributed by atoms with Crippen molar-refractivity contribution in [1.29, 1.82) is 0 Å². The molecule has 0 aromatic heterocycles. The molecule has 0 saturated carbocycles. The van der Waals surface area contributed by atoms with Gasteiger partial charge in [-0.25, -0.2) is 0 Å². The number of nitrogens with two attached hydrogens (primary N) is 1. The monoisotopic (exact) mass is 475 g/mol. The van der Waals surface area contributed by atoms with Gasteiger partial charge in [-0.3, -0.25) is 19.3 Å². The van der Waals surface area contributed by atoms with E-state index in [1.165, 1.54) is 11.0 Å². The standard InChI is InChI=1S/C23H27N3O7.H2O/c1-25(2)12-5-6-13(27)15-10(12)7-9-8-11-17(26(3)4)19(29)16(22(24)32)21(31)23(11,33)20(30)14(9)18(15)28;/h5-6,9,11,17,27,29-30,33H,7-8H2,1-4H3,(H2,24,32);1H2/t9-,11-,17-,23-;/m0./s1. The van der Waals surface area contributed by atoms with Crippen LogP contribution in [0.3, 0.4) is 0 Å². The smallest absolute Gasteiger partial charge is 0.255 e. The van der Waals surface area contributed by atoms with Crippen LogP contribution in [0.25, 0.3) is 0 Å². The van der Waals surface area contributed by atoms with Gasteiger partial charge in [-0.05, 0) is 50.6 Å². The van der Waals surface area contributed by atoms with Gasteiger partial charge in [-0.2, -0.15) is 0 Å². The normalized spacial score (nSPS) is 28.2. The zero-order chi connectivity index (χ0) is 24.6. The molecule has 0 radical (unpaired) electrons. The number of hydrogen-bond donors (Lipinski definition) is 5. The van der Waals surface area contributed by atoms with E-state index in [0.29, 0.717) is 5.56 Å². The summed E-state index contributed by atoms with van der Waals surface area (Å²) in [5.74, 6) is -6.53. The molecule has 0 aliphatic heterocycles. The first-order chi connectivity index (χ1) is 15.3. The van der Waals surface area contributed by atoms with E-state index >= 15 is 0 Å². The van der Waals surface area contributed by atoms with E-state index in [0.717, 1.165) is 5.69 Å². The van der Waals surface area contributed by atoms with Crippen LogP contribution in [-0.4, -0.2) is 88.1 Å². The lowest BCUT2D eigenvalue weighted by molar-refractivity contribution is -0.148. The minimum atomic E-state index is -2.63. The largest absolute Gasteiger partial charge is 0.510 e. The van der Waals surface area contributed by atoms with E-state index in [4.69, 9.17) is 5.73 Å². The van der Waals surface area contributed by atoms with E-state index in [2.05, 4.69) is 0 Å². The molecule has 8 N–H and O–H groups in total. The number of ketones is 2. The average molecular weight is 475 g/mol. The number of aliphatic hydroxyl groups excluding tert-OH is 2. The zero-order valence-corrected chi connectivity index (χ0v) is 19.3. The Morgan fingerprint density at radius 1 is 1.12 bits per heavy atom. The van der Waals surface area contributed by atoms with Crippen LogP contribution in [0.15, 0.2) is 34.8 Å². The van der Waals surface area contributed by atoms with Crippen molar-refractivity contribution in [1.82, 2.24) is 4.90 Å². The molecule has 11 heteroatoms. The Morgan fingerprint density at radius 3 is 2.26 bits per heavy atom. The Kier molecular flexibility index (Phi) is 6.02. The fraction of sp³-hybridized carbons (Fsp3) is 0.435. The van der Waals surface area contributed by atoms with Crippen molar-refractivity contribution in [2.45, 2.75) is 24.5 Å². The van der Waals surface area contributed by atoms with Gasteiger partial charge in [0.15, 0.2) is 11.4 Å². The highest BCUT2D eigenvalue weighted by Gasteiger charge is 2.63. The Bertz CT molecular complexity index is 1170. The summed E-state index contributed by atoms with van der Waals surface area (Å²) in [6.07, 6.45) is 0.324. The molecule has 3 aliphatic carbocycles. The molecule has 11 nitrogen and oxygen atoms in total. The lowest BCUT2D eigenvalue weighted by atomic mass is 9.58. The maximum absolute atomic E-state index is 13.5. The third kappa shape index (κ3) is 3.11. The van der Waals surface area contributed by atoms with Gasteiger partial charge in [-0.15, -0.1) is 0 Å². The van der Waals surface area contributed by atoms with Gasteiger partial charge in [-0.1, -0.05) is 0 Å². The molecule has 0 spiro atoms. The van der Waals surface area contributed by atoms with E-state index in [9.17, 15) is 34.8 Å². The van der Waals surface area contributed by atoms with Crippen LogP contribution in [-0.2, 0) is 16.0 Å². The second kappa shape index (κ2) is 8.12. The lowest BCUT2D eigenvalue weighted by Crippen LogP contribution is -2.63. The summed E-state index contributed by atoms with van der Waals surface area (Å²) in [6.45, 7) is 0. The molecule has 0 saturated heterocycles. The highest BCUT2D eigenvalue weighted by atomic mass is 16.3. The van der Waals surface area contributed by atoms with Crippen molar-refractivity contribution < 1.29 is 40.3 Å². The van der Waals surface area contributed by atoms with Crippen LogP contribution in [0.1, 0.15) is 22.3 Å². The van der Waals surface area contributed by atoms with Crippen molar-refractivity contribution >= 4 is 23.2 Å². The molecule has 0 fully saturated rings. The third-order valence-corrected chi connectivity index (χ3v) is 7.06. The predicted molar refractivity (Wildman–Crippen MR) is 122 cm³/mol. The number of benzene rings is 1. The molecule has 0 heterocycles. The number of allylic oxidation sites excluding steroid dienone is 1. The Labute approximate surface area is 195 Å². The van der Waals surface area contributed by atoms with Gasteiger partial charge in [0.05, 0.1) is 11.6 Å². The minimum Gasteiger partial charge on any atom is -0.510 e. The maximum atomic E-state index is 13.5. The summed E-state index contributed by atoms with van der Waals surface area (Å²) in [5.41, 5.74) is 3.02. The summed E-state index contributed by atoms with van der Waals surface area (Å²) >= 11 is 0. The summed E-state index contributed by atoms with van der Waals surface area (Å²) in [7, 11) is 6.79. The van der Waals surface area contributed by atoms with Gasteiger partial charge in [0.2, 0.25) is 5.78 Å². The molecule has 0 bridgehead atoms. The second-order valence-electron chi connectivity index (χ2n) is 9.31. The van der Waals surface area contributed by atoms with E-state index < -0.39 is 58.0 Å². The summed E-state index contributed by atoms with van der Waals surface area (Å²) in [4.78, 5) is 42.0. The molecule has 1 aromatic carbocycles. The molecule has 0 unspecified atom stereocenters. The zero-order valence-electron chi connectivity index (χ0n) is 19.3. The second-order valence-corrected chi connectivity index (χ2v) is 9.31. The number of primary amides is 1. The highest BCUT2D eigenvalue weighted by Crippen LogP contribution is 2.52. The van der Waals surface area contributed by atoms with Gasteiger partial charge in [0, 0.05) is 31.3 Å². The van der Waals surface area contributed by atoms with E-state index in [-0.39, 0.29) is 35.2 Å². The van der Waals surface area contributed by atoms with Crippen molar-refractivity contribution in [2.24, 2.45) is 17.6 Å². The lowest BCUT2D eigenvalue weighted by Gasteiger charge is -2.50. The SMILES string of the molecule is CN(C)c1ccc(O)c2c1C[C@H]1C[C@H]3[C@H](N(C)C)C(O)=C(C(N)=O)C(=O)[C@@]3(O)C(O)=C1C2=O.O. The Morgan fingerprint density at radius 2 is 1.74 bits per heavy atom. The summed E-state index contributed by atoms with van der Waals surface area (Å²) in [6, 6.07) is 2.06. The van der Waals surface area contributed by atoms with Crippen LogP contribution in [0.2, 0.25) is 0 Å². The fourth-order valence-electron chi connectivity index (χ4n) is 5.65. The van der Waals surface area contributed by atoms with Crippen molar-refractivity contribution in [3.05, 3.63) is 45.9 Å². The molecule has 1 aromatic rings. The number of Topliss-reactive ketones (excluding diaryl/α,β-unsaturated/α-hetero) is 2. The number of hydrogen-bond acceptors (Lipinski definition) is 9. The molecular weight excluding hydrogens is 446 g/mol. The molecule has 3 aliphatic rings. The Hall–Kier alpha value is -3.41. The average Bonchev–Trinajstić information content (AvgIpc) is 2.70. The number of nitrogens with zero attached hydrogens (tertiary/aromatic N) is 2. The topological polar surface area (TPSA) is 196 Å². The van der Waals surface area contributed by atoms with Crippen LogP contribution in [0, 0.1) is 11.8 Å². The molecule has 4 rings (SSSR count). The van der Waals surface area contributed by atoms with E-state index in [1.54, 1.807) is 39.2 Å². The Balaban J connectivity index is 0.00000324. The number of carbonyl (C=O) groups excluding carboxylic acids is 3. The number of carbonyl (C=O) groups is 3. The van der Waals surface area contributed by atoms with Gasteiger partial charge in [0.25, 0.3) is 5.91 Å². The number of phenols is 1. The van der Waals surface area contributed by atoms with Crippen molar-refractivity contribution in [2.75, 3.05) is 33.1 Å². The van der Waals surface area contributed by atoms with Crippen molar-refractivity contribution in [3.8, 4) is 5.75 Å². The number of aliphatic hydroxyl groups is 3. The quantitative estimate of drug-likeness (QED) is 0.353. The van der Waals surface area contributed by atoms with Gasteiger partial charge in [0.1, 0.15) is 22.8 Å². The van der Waals surface area contributed by atoms with Gasteiger partial charge >= 0.3 is 0 Å². The van der Waals surface area contributed by atoms with Crippen LogP contribution < -0.4 is 10.6 Å². The van der Waals surface area contributed by atoms with Crippen molar-refractivity contribution in [3.63, 3.8) is 0 Å². The first kappa shape index (κ1) is 25.2. The number of anilines is 1. The number of amides is 1. The molecule has 1 amide bonds. The number of aromatic hydroxyl groups is 1. The highest BCUT2D eigenvalue weighted by molar-refractivity contribution is 6.24. The molecule has 4 atom stereocenters.